The van der Waals surface area contributed by atoms with E-state index in [1.807, 2.05) is 20.8 Å². The van der Waals surface area contributed by atoms with Crippen molar-refractivity contribution in [3.63, 3.8) is 0 Å². The second kappa shape index (κ2) is 9.77. The monoisotopic (exact) mass is 516 g/mol. The lowest BCUT2D eigenvalue weighted by atomic mass is 10.0. The molecule has 0 bridgehead atoms. The molecule has 2 aromatic carbocycles. The highest BCUT2D eigenvalue weighted by Crippen LogP contribution is 2.33. The summed E-state index contributed by atoms with van der Waals surface area (Å²) in [4.78, 5) is 12.8. The van der Waals surface area contributed by atoms with E-state index in [1.54, 1.807) is 36.4 Å². The van der Waals surface area contributed by atoms with E-state index in [0.717, 1.165) is 21.6 Å². The average molecular weight is 517 g/mol. The van der Waals surface area contributed by atoms with Crippen LogP contribution in [0.15, 0.2) is 41.3 Å². The van der Waals surface area contributed by atoms with Crippen molar-refractivity contribution in [3.05, 3.63) is 58.1 Å². The number of sulfone groups is 1. The number of nitrogens with one attached hydrogen (secondary N) is 1. The van der Waals surface area contributed by atoms with Crippen LogP contribution in [0.4, 0.5) is 18.9 Å². The summed E-state index contributed by atoms with van der Waals surface area (Å²) in [5, 5.41) is 3.68. The van der Waals surface area contributed by atoms with Crippen LogP contribution in [-0.2, 0) is 34.0 Å². The number of alkyl halides is 3. The molecule has 0 aliphatic carbocycles. The van der Waals surface area contributed by atoms with Crippen molar-refractivity contribution in [3.8, 4) is 0 Å². The van der Waals surface area contributed by atoms with Crippen molar-refractivity contribution in [2.24, 2.45) is 5.41 Å². The van der Waals surface area contributed by atoms with Gasteiger partial charge in [-0.1, -0.05) is 50.6 Å². The van der Waals surface area contributed by atoms with Crippen molar-refractivity contribution in [2.45, 2.75) is 51.2 Å². The van der Waals surface area contributed by atoms with Crippen LogP contribution < -0.4 is 5.32 Å². The first kappa shape index (κ1) is 26.3. The van der Waals surface area contributed by atoms with Gasteiger partial charge in [-0.05, 0) is 53.1 Å². The summed E-state index contributed by atoms with van der Waals surface area (Å²) in [6, 6.07) is 10.1. The maximum Gasteiger partial charge on any atom is 0.471 e. The summed E-state index contributed by atoms with van der Waals surface area (Å²) in [6.07, 6.45) is -4.37. The van der Waals surface area contributed by atoms with E-state index in [1.165, 1.54) is 0 Å². The minimum Gasteiger partial charge on any atom is -0.380 e. The largest absolute Gasteiger partial charge is 0.471 e. The molecule has 0 spiro atoms. The molecule has 5 nitrogen and oxygen atoms in total. The fourth-order valence-corrected chi connectivity index (χ4v) is 6.13. The number of amides is 1. The molecular weight excluding hydrogens is 489 g/mol. The number of fused-ring (bicyclic) bond motifs is 1. The Morgan fingerprint density at radius 1 is 1.03 bits per heavy atom. The molecule has 186 valence electrons. The van der Waals surface area contributed by atoms with Crippen LogP contribution >= 0.6 is 11.6 Å². The smallest absolute Gasteiger partial charge is 0.380 e. The Hall–Kier alpha value is -2.26. The summed E-state index contributed by atoms with van der Waals surface area (Å²) in [7, 11) is -3.40. The molecule has 10 heteroatoms. The molecule has 2 aromatic rings. The van der Waals surface area contributed by atoms with Gasteiger partial charge in [-0.15, -0.1) is 0 Å². The van der Waals surface area contributed by atoms with E-state index in [4.69, 9.17) is 11.6 Å². The third-order valence-corrected chi connectivity index (χ3v) is 8.10. The standard InChI is InChI=1S/C24H28ClF3N2O3S/c1-23(2,3)15-34(32,33)18-7-4-16(5-8-18)14-29-21-19-11-13-30(22(31)24(26,27)28)12-10-17(19)6-9-20(21)25/h4-9,29H,10-15H2,1-3H3. The SMILES string of the molecule is CC(C)(C)CS(=O)(=O)c1ccc(CNc2c(Cl)ccc3c2CCN(C(=O)C(F)(F)F)CC3)cc1. The molecule has 1 aliphatic heterocycles. The zero-order chi connectivity index (χ0) is 25.3. The molecule has 0 aromatic heterocycles. The predicted molar refractivity (Wildman–Crippen MR) is 127 cm³/mol. The highest BCUT2D eigenvalue weighted by molar-refractivity contribution is 7.91. The van der Waals surface area contributed by atoms with Gasteiger partial charge in [0.15, 0.2) is 9.84 Å². The maximum absolute atomic E-state index is 12.9. The van der Waals surface area contributed by atoms with Crippen molar-refractivity contribution in [2.75, 3.05) is 24.2 Å². The molecule has 34 heavy (non-hydrogen) atoms. The Morgan fingerprint density at radius 3 is 2.24 bits per heavy atom. The summed E-state index contributed by atoms with van der Waals surface area (Å²) in [5.41, 5.74) is 2.71. The normalized spacial score (nSPS) is 15.0. The van der Waals surface area contributed by atoms with Gasteiger partial charge in [-0.2, -0.15) is 13.2 Å². The van der Waals surface area contributed by atoms with Gasteiger partial charge in [0.2, 0.25) is 0 Å². The van der Waals surface area contributed by atoms with Gasteiger partial charge < -0.3 is 10.2 Å². The van der Waals surface area contributed by atoms with E-state index in [9.17, 15) is 26.4 Å². The molecule has 0 radical (unpaired) electrons. The van der Waals surface area contributed by atoms with Crippen LogP contribution in [0.1, 0.15) is 37.5 Å². The molecule has 0 saturated carbocycles. The van der Waals surface area contributed by atoms with E-state index >= 15 is 0 Å². The Balaban J connectivity index is 1.74. The van der Waals surface area contributed by atoms with Gasteiger partial charge in [0.25, 0.3) is 0 Å². The zero-order valence-electron chi connectivity index (χ0n) is 19.3. The second-order valence-electron chi connectivity index (χ2n) is 9.67. The number of nitrogens with zero attached hydrogens (tertiary/aromatic N) is 1. The topological polar surface area (TPSA) is 66.5 Å². The Labute approximate surface area is 203 Å². The third-order valence-electron chi connectivity index (χ3n) is 5.55. The number of halogens is 4. The van der Waals surface area contributed by atoms with Gasteiger partial charge >= 0.3 is 12.1 Å². The first-order valence-corrected chi connectivity index (χ1v) is 12.9. The second-order valence-corrected chi connectivity index (χ2v) is 12.1. The average Bonchev–Trinajstić information content (AvgIpc) is 2.93. The molecule has 1 aliphatic rings. The molecule has 0 saturated heterocycles. The van der Waals surface area contributed by atoms with Gasteiger partial charge in [0.1, 0.15) is 0 Å². The summed E-state index contributed by atoms with van der Waals surface area (Å²) in [6.45, 7) is 5.88. The number of benzene rings is 2. The Bertz CT molecular complexity index is 1160. The number of hydrogen-bond acceptors (Lipinski definition) is 4. The lowest BCUT2D eigenvalue weighted by Gasteiger charge is -2.21. The van der Waals surface area contributed by atoms with Gasteiger partial charge in [-0.25, -0.2) is 8.42 Å². The first-order chi connectivity index (χ1) is 15.7. The van der Waals surface area contributed by atoms with Crippen LogP contribution in [-0.4, -0.2) is 44.2 Å². The van der Waals surface area contributed by atoms with Crippen molar-refractivity contribution in [1.29, 1.82) is 0 Å². The van der Waals surface area contributed by atoms with Crippen molar-refractivity contribution in [1.82, 2.24) is 4.90 Å². The minimum absolute atomic E-state index is 0.0169. The third kappa shape index (κ3) is 6.44. The molecule has 3 rings (SSSR count). The van der Waals surface area contributed by atoms with E-state index in [-0.39, 0.29) is 35.6 Å². The molecule has 1 N–H and O–H groups in total. The molecule has 0 unspecified atom stereocenters. The van der Waals surface area contributed by atoms with Gasteiger partial charge in [-0.3, -0.25) is 4.79 Å². The summed E-state index contributed by atoms with van der Waals surface area (Å²) in [5.74, 6) is -1.79. The quantitative estimate of drug-likeness (QED) is 0.588. The number of anilines is 1. The number of hydrogen-bond donors (Lipinski definition) is 1. The highest BCUT2D eigenvalue weighted by atomic mass is 35.5. The van der Waals surface area contributed by atoms with Crippen molar-refractivity contribution < 1.29 is 26.4 Å². The van der Waals surface area contributed by atoms with Crippen LogP contribution in [0, 0.1) is 5.41 Å². The molecule has 0 fully saturated rings. The Kier molecular flexibility index (Phi) is 7.57. The van der Waals surface area contributed by atoms with Crippen molar-refractivity contribution >= 4 is 33.0 Å². The fourth-order valence-electron chi connectivity index (χ4n) is 4.03. The number of carbonyl (C=O) groups is 1. The van der Waals surface area contributed by atoms with Gasteiger partial charge in [0.05, 0.1) is 21.4 Å². The minimum atomic E-state index is -4.90. The predicted octanol–water partition coefficient (Wildman–Crippen LogP) is 5.26. The van der Waals surface area contributed by atoms with E-state index in [0.29, 0.717) is 23.7 Å². The molecule has 0 atom stereocenters. The van der Waals surface area contributed by atoms with Crippen LogP contribution in [0.3, 0.4) is 0 Å². The lowest BCUT2D eigenvalue weighted by molar-refractivity contribution is -0.185. The number of rotatable bonds is 5. The van der Waals surface area contributed by atoms with Gasteiger partial charge in [0, 0.05) is 19.6 Å². The maximum atomic E-state index is 12.9. The zero-order valence-corrected chi connectivity index (χ0v) is 20.9. The van der Waals surface area contributed by atoms with Crippen LogP contribution in [0.5, 0.6) is 0 Å². The Morgan fingerprint density at radius 2 is 1.65 bits per heavy atom. The van der Waals surface area contributed by atoms with Crippen LogP contribution in [0.25, 0.3) is 0 Å². The number of carbonyl (C=O) groups excluding carboxylic acids is 1. The summed E-state index contributed by atoms with van der Waals surface area (Å²) >= 11 is 6.40. The lowest BCUT2D eigenvalue weighted by Crippen LogP contribution is -2.42. The fraction of sp³-hybridized carbons (Fsp3) is 0.458. The van der Waals surface area contributed by atoms with E-state index in [2.05, 4.69) is 5.32 Å². The first-order valence-electron chi connectivity index (χ1n) is 10.9. The molecular formula is C24H28ClF3N2O3S. The summed E-state index contributed by atoms with van der Waals surface area (Å²) < 4.78 is 63.8. The van der Waals surface area contributed by atoms with E-state index < -0.39 is 21.9 Å². The molecule has 1 amide bonds. The molecule has 1 heterocycles. The highest BCUT2D eigenvalue weighted by Gasteiger charge is 2.42. The van der Waals surface area contributed by atoms with Crippen LogP contribution in [0.2, 0.25) is 5.02 Å².